The smallest absolute Gasteiger partial charge is 0.264 e. The van der Waals surface area contributed by atoms with Crippen LogP contribution in [-0.4, -0.2) is 70.8 Å². The van der Waals surface area contributed by atoms with E-state index in [-0.39, 0.29) is 37.4 Å². The number of amides is 3. The van der Waals surface area contributed by atoms with Crippen molar-refractivity contribution >= 4 is 37.4 Å². The third-order valence-electron chi connectivity index (χ3n) is 10.1. The minimum Gasteiger partial charge on any atom is -0.432 e. The summed E-state index contributed by atoms with van der Waals surface area (Å²) in [6.45, 7) is 7.41. The molecule has 0 aromatic heterocycles. The number of carbonyl (C=O) groups is 3. The summed E-state index contributed by atoms with van der Waals surface area (Å²) in [4.78, 5) is 55.9. The van der Waals surface area contributed by atoms with Gasteiger partial charge in [-0.05, 0) is 61.3 Å². The van der Waals surface area contributed by atoms with Crippen LogP contribution in [0.4, 0.5) is 11.4 Å². The first-order valence-corrected chi connectivity index (χ1v) is 19.2. The molecule has 6 rings (SSSR count). The summed E-state index contributed by atoms with van der Waals surface area (Å²) in [5.41, 5.74) is 3.00. The maximum atomic E-state index is 14.7. The van der Waals surface area contributed by atoms with Crippen LogP contribution >= 0.6 is 0 Å². The number of nitrogens with zero attached hydrogens (tertiary/aromatic N) is 2. The predicted molar refractivity (Wildman–Crippen MR) is 180 cm³/mol. The number of nitrogens with one attached hydrogen (secondary N) is 1. The molecule has 3 aliphatic rings. The number of ether oxygens (including phenoxy) is 1. The van der Waals surface area contributed by atoms with Gasteiger partial charge in [0, 0.05) is 29.3 Å². The Hall–Kier alpha value is -3.87. The van der Waals surface area contributed by atoms with Crippen molar-refractivity contribution in [2.45, 2.75) is 82.3 Å². The molecule has 1 fully saturated rings. The Morgan fingerprint density at radius 2 is 1.77 bits per heavy atom. The molecule has 6 atom stereocenters. The van der Waals surface area contributed by atoms with Gasteiger partial charge in [-0.1, -0.05) is 61.5 Å². The molecule has 47 heavy (non-hydrogen) atoms. The molecule has 3 amide bonds. The topological polar surface area (TPSA) is 140 Å². The van der Waals surface area contributed by atoms with E-state index in [2.05, 4.69) is 5.32 Å². The fourth-order valence-electron chi connectivity index (χ4n) is 7.90. The molecule has 11 heteroatoms. The maximum Gasteiger partial charge on any atom is 0.264 e. The van der Waals surface area contributed by atoms with Gasteiger partial charge in [-0.25, -0.2) is 0 Å². The summed E-state index contributed by atoms with van der Waals surface area (Å²) in [7, 11) is -3.00. The molecular formula is C36H43N3O7Si. The fourth-order valence-corrected chi connectivity index (χ4v) is 10.5. The van der Waals surface area contributed by atoms with E-state index in [1.165, 1.54) is 6.92 Å². The number of hydrogen-bond donors (Lipinski definition) is 4. The number of benzene rings is 3. The number of carbonyl (C=O) groups excluding carboxylic acids is 3. The van der Waals surface area contributed by atoms with Crippen LogP contribution in [0.2, 0.25) is 18.6 Å². The number of rotatable bonds is 8. The van der Waals surface area contributed by atoms with E-state index >= 15 is 0 Å². The molecule has 0 bridgehead atoms. The van der Waals surface area contributed by atoms with Gasteiger partial charge in [-0.15, -0.1) is 0 Å². The van der Waals surface area contributed by atoms with Crippen LogP contribution in [0.25, 0.3) is 0 Å². The molecule has 1 spiro atoms. The highest BCUT2D eigenvalue weighted by atomic mass is 28.4. The minimum absolute atomic E-state index is 0.0209. The lowest BCUT2D eigenvalue weighted by atomic mass is 9.82. The highest BCUT2D eigenvalue weighted by molar-refractivity contribution is 6.71. The van der Waals surface area contributed by atoms with Gasteiger partial charge < -0.3 is 34.9 Å². The Kier molecular flexibility index (Phi) is 8.88. The minimum atomic E-state index is -3.00. The van der Waals surface area contributed by atoms with E-state index in [9.17, 15) is 29.4 Å². The highest BCUT2D eigenvalue weighted by Crippen LogP contribution is 2.59. The zero-order chi connectivity index (χ0) is 33.7. The van der Waals surface area contributed by atoms with Crippen LogP contribution in [0, 0.1) is 5.92 Å². The third kappa shape index (κ3) is 5.91. The molecule has 1 saturated heterocycles. The van der Waals surface area contributed by atoms with Crippen molar-refractivity contribution in [2.24, 2.45) is 5.92 Å². The van der Waals surface area contributed by atoms with Gasteiger partial charge in [0.15, 0.2) is 13.9 Å². The molecule has 3 aromatic carbocycles. The molecule has 10 nitrogen and oxygen atoms in total. The molecular weight excluding hydrogens is 614 g/mol. The second-order valence-electron chi connectivity index (χ2n) is 13.7. The van der Waals surface area contributed by atoms with Crippen molar-refractivity contribution in [1.82, 2.24) is 4.90 Å². The average molecular weight is 658 g/mol. The summed E-state index contributed by atoms with van der Waals surface area (Å²) >= 11 is 0. The SMILES string of the molecule is C[C@H](O)C(=O)Nc1cccc(CN2C(=O)[C@@]3(O[C@@H](CC(=O)N4Cc5ccccc5C[C@H]4CO)[C@H]([Si](C)(C)O)[C@H]3C)c3ccccc32)c1. The van der Waals surface area contributed by atoms with E-state index < -0.39 is 43.5 Å². The van der Waals surface area contributed by atoms with Gasteiger partial charge in [-0.3, -0.25) is 14.4 Å². The number of hydrogen-bond acceptors (Lipinski definition) is 7. The van der Waals surface area contributed by atoms with E-state index in [1.54, 1.807) is 28.0 Å². The van der Waals surface area contributed by atoms with Gasteiger partial charge in [0.1, 0.15) is 6.10 Å². The number of aliphatic hydroxyl groups excluding tert-OH is 2. The van der Waals surface area contributed by atoms with E-state index in [4.69, 9.17) is 4.74 Å². The van der Waals surface area contributed by atoms with Gasteiger partial charge in [0.2, 0.25) is 5.91 Å². The first kappa shape index (κ1) is 33.0. The Morgan fingerprint density at radius 1 is 1.06 bits per heavy atom. The van der Waals surface area contributed by atoms with Crippen molar-refractivity contribution in [3.63, 3.8) is 0 Å². The first-order valence-electron chi connectivity index (χ1n) is 16.2. The van der Waals surface area contributed by atoms with Gasteiger partial charge in [-0.2, -0.15) is 0 Å². The molecule has 4 N–H and O–H groups in total. The Bertz CT molecular complexity index is 1690. The van der Waals surface area contributed by atoms with Crippen LogP contribution in [0.3, 0.4) is 0 Å². The lowest BCUT2D eigenvalue weighted by molar-refractivity contribution is -0.151. The monoisotopic (exact) mass is 657 g/mol. The summed E-state index contributed by atoms with van der Waals surface area (Å²) < 4.78 is 6.86. The Balaban J connectivity index is 1.31. The van der Waals surface area contributed by atoms with Crippen molar-refractivity contribution in [2.75, 3.05) is 16.8 Å². The molecule has 3 heterocycles. The van der Waals surface area contributed by atoms with Gasteiger partial charge >= 0.3 is 0 Å². The van der Waals surface area contributed by atoms with Crippen LogP contribution in [0.1, 0.15) is 42.5 Å². The van der Waals surface area contributed by atoms with Gasteiger partial charge in [0.25, 0.3) is 11.8 Å². The van der Waals surface area contributed by atoms with Gasteiger partial charge in [0.05, 0.1) is 37.4 Å². The third-order valence-corrected chi connectivity index (χ3v) is 12.6. The molecule has 0 radical (unpaired) electrons. The molecule has 248 valence electrons. The van der Waals surface area contributed by atoms with Crippen LogP contribution in [0.5, 0.6) is 0 Å². The van der Waals surface area contributed by atoms with Crippen molar-refractivity contribution < 1.29 is 34.1 Å². The lowest BCUT2D eigenvalue weighted by Crippen LogP contribution is -2.48. The summed E-state index contributed by atoms with van der Waals surface area (Å²) in [5, 5.41) is 22.5. The Morgan fingerprint density at radius 3 is 2.47 bits per heavy atom. The largest absolute Gasteiger partial charge is 0.432 e. The normalized spacial score (nSPS) is 25.9. The van der Waals surface area contributed by atoms with Crippen molar-refractivity contribution in [1.29, 1.82) is 0 Å². The summed E-state index contributed by atoms with van der Waals surface area (Å²) in [5.74, 6) is -1.40. The van der Waals surface area contributed by atoms with E-state index in [0.29, 0.717) is 29.9 Å². The van der Waals surface area contributed by atoms with Crippen molar-refractivity contribution in [3.8, 4) is 0 Å². The van der Waals surface area contributed by atoms with E-state index in [1.807, 2.05) is 74.6 Å². The lowest BCUT2D eigenvalue weighted by Gasteiger charge is -2.37. The summed E-state index contributed by atoms with van der Waals surface area (Å²) in [6, 6.07) is 22.2. The van der Waals surface area contributed by atoms with Crippen molar-refractivity contribution in [3.05, 3.63) is 95.1 Å². The number of aliphatic hydroxyl groups is 2. The molecule has 0 saturated carbocycles. The molecule has 0 unspecified atom stereocenters. The summed E-state index contributed by atoms with van der Waals surface area (Å²) in [6.07, 6.45) is -1.35. The second kappa shape index (κ2) is 12.6. The number of para-hydroxylation sites is 1. The first-order chi connectivity index (χ1) is 22.3. The fraction of sp³-hybridized carbons (Fsp3) is 0.417. The number of anilines is 2. The maximum absolute atomic E-state index is 14.7. The second-order valence-corrected chi connectivity index (χ2v) is 17.6. The predicted octanol–water partition coefficient (Wildman–Crippen LogP) is 3.69. The van der Waals surface area contributed by atoms with Crippen LogP contribution in [0.15, 0.2) is 72.8 Å². The number of fused-ring (bicyclic) bond motifs is 3. The Labute approximate surface area is 276 Å². The highest BCUT2D eigenvalue weighted by Gasteiger charge is 2.66. The molecule has 3 aromatic rings. The standard InChI is InChI=1S/C36H43N3O7Si/c1-22-33(47(3,4)45)31(18-32(42)38-20-26-12-6-5-11-25(26)17-28(38)21-40)46-36(22)29-14-7-8-15-30(29)39(35(36)44)19-24-10-9-13-27(16-24)37-34(43)23(2)41/h5-16,22-23,28,31,33,40-41,45H,17-21H2,1-4H3,(H,37,43)/t22-,23+,28+,31+,33-,36+/m1/s1. The quantitative estimate of drug-likeness (QED) is 0.271. The van der Waals surface area contributed by atoms with Crippen LogP contribution < -0.4 is 10.2 Å². The zero-order valence-electron chi connectivity index (χ0n) is 27.2. The molecule has 3 aliphatic heterocycles. The molecule has 0 aliphatic carbocycles. The average Bonchev–Trinajstić information content (AvgIpc) is 3.46. The van der Waals surface area contributed by atoms with E-state index in [0.717, 1.165) is 16.7 Å². The zero-order valence-corrected chi connectivity index (χ0v) is 28.2. The van der Waals surface area contributed by atoms with Crippen LogP contribution in [-0.2, 0) is 44.2 Å².